The van der Waals surface area contributed by atoms with E-state index in [1.54, 1.807) is 0 Å². The molecule has 3 fully saturated rings. The van der Waals surface area contributed by atoms with Gasteiger partial charge >= 0.3 is 5.97 Å². The molecule has 3 aliphatic rings. The van der Waals surface area contributed by atoms with Gasteiger partial charge in [0, 0.05) is 18.4 Å². The zero-order valence-corrected chi connectivity index (χ0v) is 15.9. The van der Waals surface area contributed by atoms with E-state index >= 15 is 0 Å². The van der Waals surface area contributed by atoms with E-state index in [1.165, 1.54) is 0 Å². The fourth-order valence-corrected chi connectivity index (χ4v) is 7.26. The van der Waals surface area contributed by atoms with Crippen LogP contribution >= 0.6 is 0 Å². The van der Waals surface area contributed by atoms with E-state index < -0.39 is 21.4 Å². The number of rotatable bonds is 6. The third-order valence-electron chi connectivity index (χ3n) is 7.36. The normalized spacial score (nSPS) is 37.4. The fraction of sp³-hybridized carbons (Fsp3) is 0.889. The summed E-state index contributed by atoms with van der Waals surface area (Å²) in [6.45, 7) is 4.43. The predicted molar refractivity (Wildman–Crippen MR) is 93.4 cm³/mol. The molecule has 7 heteroatoms. The number of sulfonamides is 1. The number of nitrogens with one attached hydrogen (secondary N) is 1. The molecule has 0 amide bonds. The van der Waals surface area contributed by atoms with Crippen molar-refractivity contribution >= 4 is 21.8 Å². The smallest absolute Gasteiger partial charge is 0.306 e. The van der Waals surface area contributed by atoms with Crippen LogP contribution in [0.5, 0.6) is 0 Å². The van der Waals surface area contributed by atoms with Gasteiger partial charge in [-0.25, -0.2) is 13.1 Å². The molecule has 0 spiro atoms. The third-order valence-corrected chi connectivity index (χ3v) is 8.84. The lowest BCUT2D eigenvalue weighted by Crippen LogP contribution is -2.46. The highest BCUT2D eigenvalue weighted by Crippen LogP contribution is 2.64. The Kier molecular flexibility index (Phi) is 4.77. The van der Waals surface area contributed by atoms with Gasteiger partial charge in [0.25, 0.3) is 0 Å². The first-order valence-corrected chi connectivity index (χ1v) is 11.0. The first kappa shape index (κ1) is 18.8. The van der Waals surface area contributed by atoms with Crippen molar-refractivity contribution in [2.45, 2.75) is 58.8 Å². The van der Waals surface area contributed by atoms with Crippen molar-refractivity contribution in [1.82, 2.24) is 4.72 Å². The Hall–Kier alpha value is -0.950. The summed E-state index contributed by atoms with van der Waals surface area (Å²) in [5.41, 5.74) is -0.983. The predicted octanol–water partition coefficient (Wildman–Crippen LogP) is 2.19. The van der Waals surface area contributed by atoms with Crippen LogP contribution in [0.1, 0.15) is 58.8 Å². The maximum Gasteiger partial charge on any atom is 0.306 e. The second-order valence-electron chi connectivity index (χ2n) is 8.83. The lowest BCUT2D eigenvalue weighted by atomic mass is 9.70. The number of carbonyl (C=O) groups excluding carboxylic acids is 1. The molecule has 0 radical (unpaired) electrons. The lowest BCUT2D eigenvalue weighted by Gasteiger charge is -2.36. The minimum atomic E-state index is -3.53. The topological polar surface area (TPSA) is 101 Å². The molecule has 3 aliphatic carbocycles. The number of aliphatic carboxylic acids is 1. The third kappa shape index (κ3) is 3.25. The minimum Gasteiger partial charge on any atom is -0.481 e. The fourth-order valence-electron chi connectivity index (χ4n) is 5.34. The summed E-state index contributed by atoms with van der Waals surface area (Å²) >= 11 is 0. The first-order valence-electron chi connectivity index (χ1n) is 9.31. The van der Waals surface area contributed by atoms with Crippen LogP contribution in [-0.2, 0) is 19.6 Å². The summed E-state index contributed by atoms with van der Waals surface area (Å²) in [4.78, 5) is 23.5. The number of carbonyl (C=O) groups is 2. The molecular weight excluding hydrogens is 342 g/mol. The molecule has 2 atom stereocenters. The summed E-state index contributed by atoms with van der Waals surface area (Å²) in [5, 5.41) is 9.03. The van der Waals surface area contributed by atoms with E-state index in [-0.39, 0.29) is 28.8 Å². The summed E-state index contributed by atoms with van der Waals surface area (Å²) < 4.78 is 28.0. The molecule has 0 aromatic carbocycles. The van der Waals surface area contributed by atoms with Gasteiger partial charge in [0.15, 0.2) is 0 Å². The van der Waals surface area contributed by atoms with Crippen molar-refractivity contribution in [2.24, 2.45) is 28.6 Å². The van der Waals surface area contributed by atoms with Gasteiger partial charge in [0.05, 0.1) is 11.7 Å². The number of carboxylic acid groups (broad SMARTS) is 1. The van der Waals surface area contributed by atoms with Crippen LogP contribution in [0.3, 0.4) is 0 Å². The Morgan fingerprint density at radius 1 is 1.20 bits per heavy atom. The van der Waals surface area contributed by atoms with E-state index in [0.29, 0.717) is 38.1 Å². The quantitative estimate of drug-likeness (QED) is 0.745. The van der Waals surface area contributed by atoms with Crippen LogP contribution in [0.25, 0.3) is 0 Å². The standard InChI is InChI=1S/C18H29NO5S/c1-17(2)14-7-8-18(17,15(20)9-14)11-25(23,24)19-10-12-3-5-13(6-4-12)16(21)22/h12-14,19H,3-11H2,1-2H3,(H,21,22). The zero-order valence-electron chi connectivity index (χ0n) is 15.1. The average molecular weight is 371 g/mol. The highest BCUT2D eigenvalue weighted by atomic mass is 32.2. The minimum absolute atomic E-state index is 0.104. The van der Waals surface area contributed by atoms with Crippen LogP contribution < -0.4 is 4.72 Å². The molecule has 2 N–H and O–H groups in total. The molecule has 0 heterocycles. The van der Waals surface area contributed by atoms with Gasteiger partial charge in [-0.3, -0.25) is 9.59 Å². The molecular formula is C18H29NO5S. The molecule has 2 bridgehead atoms. The Bertz CT molecular complexity index is 663. The van der Waals surface area contributed by atoms with Gasteiger partial charge in [0.2, 0.25) is 10.0 Å². The molecule has 3 rings (SSSR count). The van der Waals surface area contributed by atoms with Crippen LogP contribution in [0, 0.1) is 28.6 Å². The molecule has 6 nitrogen and oxygen atoms in total. The SMILES string of the molecule is CC1(C)C2CCC1(CS(=O)(=O)NCC1CCC(C(=O)O)CC1)C(=O)C2. The van der Waals surface area contributed by atoms with Crippen molar-refractivity contribution in [1.29, 1.82) is 0 Å². The average Bonchev–Trinajstić information content (AvgIpc) is 2.87. The summed E-state index contributed by atoms with van der Waals surface area (Å²) in [6, 6.07) is 0. The Balaban J connectivity index is 1.58. The Morgan fingerprint density at radius 2 is 1.84 bits per heavy atom. The van der Waals surface area contributed by atoms with Crippen molar-refractivity contribution < 1.29 is 23.1 Å². The van der Waals surface area contributed by atoms with Crippen LogP contribution in [-0.4, -0.2) is 37.6 Å². The summed E-state index contributed by atoms with van der Waals surface area (Å²) in [5.74, 6) is -0.545. The molecule has 25 heavy (non-hydrogen) atoms. The molecule has 0 saturated heterocycles. The maximum absolute atomic E-state index is 12.7. The molecule has 142 valence electrons. The lowest BCUT2D eigenvalue weighted by molar-refractivity contribution is -0.143. The maximum atomic E-state index is 12.7. The van der Waals surface area contributed by atoms with Crippen molar-refractivity contribution in [3.63, 3.8) is 0 Å². The van der Waals surface area contributed by atoms with Crippen LogP contribution in [0.4, 0.5) is 0 Å². The number of carboxylic acids is 1. The van der Waals surface area contributed by atoms with Gasteiger partial charge in [-0.05, 0) is 55.8 Å². The monoisotopic (exact) mass is 371 g/mol. The largest absolute Gasteiger partial charge is 0.481 e. The van der Waals surface area contributed by atoms with E-state index in [1.807, 2.05) is 13.8 Å². The number of hydrogen-bond donors (Lipinski definition) is 2. The number of fused-ring (bicyclic) bond motifs is 2. The summed E-state index contributed by atoms with van der Waals surface area (Å²) in [6.07, 6.45) is 4.81. The Labute approximate surface area is 149 Å². The van der Waals surface area contributed by atoms with E-state index in [9.17, 15) is 18.0 Å². The first-order chi connectivity index (χ1) is 11.6. The van der Waals surface area contributed by atoms with Crippen LogP contribution in [0.15, 0.2) is 0 Å². The summed E-state index contributed by atoms with van der Waals surface area (Å²) in [7, 11) is -3.53. The second kappa shape index (κ2) is 6.34. The van der Waals surface area contributed by atoms with Gasteiger partial charge in [-0.2, -0.15) is 0 Å². The Morgan fingerprint density at radius 3 is 2.32 bits per heavy atom. The molecule has 0 aliphatic heterocycles. The van der Waals surface area contributed by atoms with E-state index in [4.69, 9.17) is 5.11 Å². The molecule has 0 aromatic rings. The van der Waals surface area contributed by atoms with Gasteiger partial charge < -0.3 is 5.11 Å². The number of hydrogen-bond acceptors (Lipinski definition) is 4. The van der Waals surface area contributed by atoms with Crippen molar-refractivity contribution in [3.8, 4) is 0 Å². The van der Waals surface area contributed by atoms with Gasteiger partial charge in [-0.15, -0.1) is 0 Å². The molecule has 0 aromatic heterocycles. The van der Waals surface area contributed by atoms with Crippen LogP contribution in [0.2, 0.25) is 0 Å². The number of Topliss-reactive ketones (excluding diaryl/α,β-unsaturated/α-hetero) is 1. The van der Waals surface area contributed by atoms with Crippen molar-refractivity contribution in [3.05, 3.63) is 0 Å². The van der Waals surface area contributed by atoms with Gasteiger partial charge in [-0.1, -0.05) is 13.8 Å². The highest BCUT2D eigenvalue weighted by Gasteiger charge is 2.65. The second-order valence-corrected chi connectivity index (χ2v) is 10.6. The van der Waals surface area contributed by atoms with Gasteiger partial charge in [0.1, 0.15) is 5.78 Å². The van der Waals surface area contributed by atoms with E-state index in [2.05, 4.69) is 4.72 Å². The van der Waals surface area contributed by atoms with E-state index in [0.717, 1.165) is 19.3 Å². The molecule has 2 unspecified atom stereocenters. The van der Waals surface area contributed by atoms with Crippen molar-refractivity contribution in [2.75, 3.05) is 12.3 Å². The molecule has 3 saturated carbocycles. The zero-order chi connectivity index (χ0) is 18.5. The highest BCUT2D eigenvalue weighted by molar-refractivity contribution is 7.89. The number of ketones is 1.